The Morgan fingerprint density at radius 3 is 2.37 bits per heavy atom. The van der Waals surface area contributed by atoms with Crippen LogP contribution in [0.3, 0.4) is 0 Å². The van der Waals surface area contributed by atoms with Crippen molar-refractivity contribution < 1.29 is 28.0 Å². The van der Waals surface area contributed by atoms with Crippen LogP contribution in [0.5, 0.6) is 0 Å². The summed E-state index contributed by atoms with van der Waals surface area (Å²) >= 11 is 0. The molecule has 0 radical (unpaired) electrons. The minimum Gasteiger partial charge on any atom is -0.454 e. The molecule has 3 aliphatic carbocycles. The van der Waals surface area contributed by atoms with Crippen molar-refractivity contribution in [3.8, 4) is 0 Å². The zero-order valence-corrected chi connectivity index (χ0v) is 26.4. The highest BCUT2D eigenvalue weighted by Gasteiger charge is 2.70. The molecule has 6 fully saturated rings. The van der Waals surface area contributed by atoms with Gasteiger partial charge in [-0.05, 0) is 74.8 Å². The standard InChI is InChI=1S/C35H38FN5O5/c1-32(2,3)45-30(43)27-13-28(38-46-27)35-15-34(16-35,17-35)23-6-4-22(5-7-23)14-39-18-33(19-39)20-40(21-33)24-8-9-26(25(36)12-24)41-11-10-29(42)37-31(41)44/h4-9,12-13H,10-11,14-21H2,1-3H3,(H,37,42,44). The molecule has 2 aromatic carbocycles. The summed E-state index contributed by atoms with van der Waals surface area (Å²) < 4.78 is 25.7. The molecule has 11 heteroatoms. The first-order valence-electron chi connectivity index (χ1n) is 16.0. The number of amides is 3. The van der Waals surface area contributed by atoms with E-state index in [1.165, 1.54) is 22.1 Å². The number of carbonyl (C=O) groups is 3. The zero-order valence-electron chi connectivity index (χ0n) is 26.4. The van der Waals surface area contributed by atoms with Crippen molar-refractivity contribution in [3.63, 3.8) is 0 Å². The monoisotopic (exact) mass is 627 g/mol. The minimum absolute atomic E-state index is 0.00430. The fourth-order valence-corrected chi connectivity index (χ4v) is 8.40. The number of esters is 1. The van der Waals surface area contributed by atoms with Crippen molar-refractivity contribution >= 4 is 29.3 Å². The lowest BCUT2D eigenvalue weighted by atomic mass is 9.32. The van der Waals surface area contributed by atoms with Gasteiger partial charge in [-0.1, -0.05) is 29.4 Å². The smallest absolute Gasteiger partial charge is 0.377 e. The zero-order chi connectivity index (χ0) is 32.1. The van der Waals surface area contributed by atoms with Gasteiger partial charge in [0, 0.05) is 68.3 Å². The van der Waals surface area contributed by atoms with E-state index in [4.69, 9.17) is 9.26 Å². The number of imide groups is 1. The van der Waals surface area contributed by atoms with E-state index in [1.54, 1.807) is 12.1 Å². The largest absolute Gasteiger partial charge is 0.454 e. The molecule has 3 saturated carbocycles. The van der Waals surface area contributed by atoms with E-state index in [0.717, 1.165) is 63.4 Å². The Morgan fingerprint density at radius 1 is 1.00 bits per heavy atom. The van der Waals surface area contributed by atoms with Gasteiger partial charge < -0.3 is 14.2 Å². The summed E-state index contributed by atoms with van der Waals surface area (Å²) in [4.78, 5) is 41.8. The maximum Gasteiger partial charge on any atom is 0.377 e. The number of anilines is 2. The first kappa shape index (κ1) is 29.2. The summed E-state index contributed by atoms with van der Waals surface area (Å²) in [5.41, 5.74) is 4.41. The van der Waals surface area contributed by atoms with Gasteiger partial charge in [0.2, 0.25) is 11.7 Å². The lowest BCUT2D eigenvalue weighted by Gasteiger charge is -2.70. The van der Waals surface area contributed by atoms with Gasteiger partial charge in [-0.15, -0.1) is 0 Å². The first-order chi connectivity index (χ1) is 21.8. The summed E-state index contributed by atoms with van der Waals surface area (Å²) in [5, 5.41) is 6.48. The summed E-state index contributed by atoms with van der Waals surface area (Å²) in [7, 11) is 0. The second-order valence-corrected chi connectivity index (χ2v) is 15.3. The van der Waals surface area contributed by atoms with Crippen LogP contribution in [0, 0.1) is 11.2 Å². The highest BCUT2D eigenvalue weighted by Crippen LogP contribution is 2.73. The molecule has 3 amide bonds. The Hall–Kier alpha value is -4.25. The Balaban J connectivity index is 0.809. The predicted molar refractivity (Wildman–Crippen MR) is 167 cm³/mol. The maximum atomic E-state index is 15.0. The van der Waals surface area contributed by atoms with Crippen molar-refractivity contribution in [2.24, 2.45) is 5.41 Å². The van der Waals surface area contributed by atoms with E-state index in [9.17, 15) is 18.8 Å². The van der Waals surface area contributed by atoms with Crippen LogP contribution in [0.4, 0.5) is 20.6 Å². The van der Waals surface area contributed by atoms with Gasteiger partial charge >= 0.3 is 12.0 Å². The van der Waals surface area contributed by atoms with Gasteiger partial charge in [-0.2, -0.15) is 0 Å². The normalized spacial score (nSPS) is 26.5. The van der Waals surface area contributed by atoms with Crippen LogP contribution >= 0.6 is 0 Å². The number of ether oxygens (including phenoxy) is 1. The highest BCUT2D eigenvalue weighted by atomic mass is 19.1. The molecule has 1 N–H and O–H groups in total. The van der Waals surface area contributed by atoms with E-state index in [1.807, 2.05) is 26.8 Å². The van der Waals surface area contributed by atoms with Crippen LogP contribution in [-0.2, 0) is 26.9 Å². The van der Waals surface area contributed by atoms with Crippen LogP contribution < -0.4 is 15.1 Å². The molecule has 46 heavy (non-hydrogen) atoms. The van der Waals surface area contributed by atoms with Gasteiger partial charge in [0.1, 0.15) is 11.4 Å². The lowest BCUT2D eigenvalue weighted by molar-refractivity contribution is -0.120. The number of hydrogen-bond donors (Lipinski definition) is 1. The topological polar surface area (TPSA) is 108 Å². The molecule has 1 spiro atoms. The highest BCUT2D eigenvalue weighted by molar-refractivity contribution is 6.05. The molecule has 1 aromatic heterocycles. The first-order valence-corrected chi connectivity index (χ1v) is 16.0. The van der Waals surface area contributed by atoms with Crippen LogP contribution in [0.2, 0.25) is 0 Å². The number of likely N-dealkylation sites (tertiary alicyclic amines) is 1. The number of halogens is 1. The maximum absolute atomic E-state index is 15.0. The third-order valence-corrected chi connectivity index (χ3v) is 10.5. The Morgan fingerprint density at radius 2 is 1.72 bits per heavy atom. The number of rotatable bonds is 7. The molecule has 6 aliphatic rings. The summed E-state index contributed by atoms with van der Waals surface area (Å²) in [6, 6.07) is 15.2. The fraction of sp³-hybridized carbons (Fsp3) is 0.486. The predicted octanol–water partition coefficient (Wildman–Crippen LogP) is 4.91. The number of hydrogen-bond acceptors (Lipinski definition) is 8. The lowest BCUT2D eigenvalue weighted by Crippen LogP contribution is -2.72. The van der Waals surface area contributed by atoms with E-state index in [-0.39, 0.29) is 46.6 Å². The van der Waals surface area contributed by atoms with Gasteiger partial charge in [-0.25, -0.2) is 14.0 Å². The number of benzene rings is 2. The van der Waals surface area contributed by atoms with Crippen molar-refractivity contribution in [2.45, 2.75) is 69.4 Å². The van der Waals surface area contributed by atoms with Crippen LogP contribution in [0.25, 0.3) is 0 Å². The molecule has 10 nitrogen and oxygen atoms in total. The number of carbonyl (C=O) groups excluding carboxylic acids is 3. The van der Waals surface area contributed by atoms with E-state index >= 15 is 0 Å². The van der Waals surface area contributed by atoms with Crippen molar-refractivity contribution in [3.05, 3.63) is 76.9 Å². The molecule has 4 heterocycles. The van der Waals surface area contributed by atoms with Crippen LogP contribution in [-0.4, -0.2) is 66.3 Å². The molecule has 2 bridgehead atoms. The van der Waals surface area contributed by atoms with Gasteiger partial charge in [0.15, 0.2) is 0 Å². The molecule has 3 aliphatic heterocycles. The fourth-order valence-electron chi connectivity index (χ4n) is 8.40. The quantitative estimate of drug-likeness (QED) is 0.369. The van der Waals surface area contributed by atoms with Crippen molar-refractivity contribution in [2.75, 3.05) is 42.5 Å². The Bertz CT molecular complexity index is 1730. The molecular formula is C35H38FN5O5. The van der Waals surface area contributed by atoms with Gasteiger partial charge in [-0.3, -0.25) is 19.9 Å². The molecule has 0 unspecified atom stereocenters. The second-order valence-electron chi connectivity index (χ2n) is 15.3. The Labute approximate surface area is 266 Å². The minimum atomic E-state index is -0.581. The van der Waals surface area contributed by atoms with Gasteiger partial charge in [0.25, 0.3) is 0 Å². The molecule has 240 valence electrons. The summed E-state index contributed by atoms with van der Waals surface area (Å²) in [6.07, 6.45) is 3.22. The Kier molecular flexibility index (Phi) is 6.26. The molecule has 0 atom stereocenters. The van der Waals surface area contributed by atoms with Crippen LogP contribution in [0.15, 0.2) is 53.1 Å². The third-order valence-electron chi connectivity index (χ3n) is 10.5. The van der Waals surface area contributed by atoms with E-state index in [0.29, 0.717) is 0 Å². The van der Waals surface area contributed by atoms with Crippen molar-refractivity contribution in [1.29, 1.82) is 0 Å². The average molecular weight is 628 g/mol. The SMILES string of the molecule is CC(C)(C)OC(=O)c1cc(C23CC(c4ccc(CN5CC6(C5)CN(c5ccc(N7CCC(=O)NC7=O)c(F)c5)C6)cc4)(C2)C3)no1. The van der Waals surface area contributed by atoms with Crippen LogP contribution in [0.1, 0.15) is 73.8 Å². The summed E-state index contributed by atoms with van der Waals surface area (Å²) in [6.45, 7) is 10.4. The molecule has 3 aromatic rings. The van der Waals surface area contributed by atoms with Crippen molar-refractivity contribution in [1.82, 2.24) is 15.4 Å². The summed E-state index contributed by atoms with van der Waals surface area (Å²) in [5.74, 6) is -1.10. The number of aromatic nitrogens is 1. The second kappa shape index (κ2) is 9.87. The number of nitrogens with one attached hydrogen (secondary N) is 1. The number of urea groups is 1. The molecule has 3 saturated heterocycles. The average Bonchev–Trinajstić information content (AvgIpc) is 3.38. The molecular weight excluding hydrogens is 589 g/mol. The van der Waals surface area contributed by atoms with E-state index < -0.39 is 23.4 Å². The number of nitrogens with zero attached hydrogens (tertiary/aromatic N) is 4. The molecule has 9 rings (SSSR count). The van der Waals surface area contributed by atoms with E-state index in [2.05, 4.69) is 44.5 Å². The van der Waals surface area contributed by atoms with Gasteiger partial charge in [0.05, 0.1) is 11.4 Å². The third kappa shape index (κ3) is 4.78.